The number of hydrogen-bond donors (Lipinski definition) is 2. The van der Waals surface area contributed by atoms with Gasteiger partial charge in [-0.25, -0.2) is 0 Å². The summed E-state index contributed by atoms with van der Waals surface area (Å²) < 4.78 is 0. The van der Waals surface area contributed by atoms with Gasteiger partial charge in [-0.05, 0) is 37.5 Å². The van der Waals surface area contributed by atoms with Crippen molar-refractivity contribution in [2.24, 2.45) is 5.73 Å². The van der Waals surface area contributed by atoms with Gasteiger partial charge in [0.1, 0.15) is 6.07 Å². The number of carbonyl (C=O) groups is 1. The molecule has 0 saturated heterocycles. The third-order valence-electron chi connectivity index (χ3n) is 3.23. The van der Waals surface area contributed by atoms with Crippen LogP contribution in [0.15, 0.2) is 18.2 Å². The molecule has 0 spiro atoms. The van der Waals surface area contributed by atoms with Gasteiger partial charge in [-0.2, -0.15) is 5.26 Å². The Hall–Kier alpha value is -1.57. The maximum atomic E-state index is 11.8. The monoisotopic (exact) mass is 263 g/mol. The molecule has 1 aliphatic rings. The highest BCUT2D eigenvalue weighted by molar-refractivity contribution is 6.31. The highest BCUT2D eigenvalue weighted by Gasteiger charge is 2.34. The predicted molar refractivity (Wildman–Crippen MR) is 70.2 cm³/mol. The fourth-order valence-electron chi connectivity index (χ4n) is 2.02. The molecule has 2 rings (SSSR count). The third kappa shape index (κ3) is 2.81. The van der Waals surface area contributed by atoms with Gasteiger partial charge in [0.05, 0.1) is 10.6 Å². The SMILES string of the molecule is N#Cc1cc(NC(=O)CC2(N)CCC2)ccc1Cl. The number of anilines is 1. The first-order valence-corrected chi connectivity index (χ1v) is 6.19. The van der Waals surface area contributed by atoms with Gasteiger partial charge in [0.2, 0.25) is 5.91 Å². The molecule has 1 aromatic carbocycles. The molecule has 18 heavy (non-hydrogen) atoms. The second-order valence-electron chi connectivity index (χ2n) is 4.75. The van der Waals surface area contributed by atoms with E-state index >= 15 is 0 Å². The van der Waals surface area contributed by atoms with Gasteiger partial charge in [0, 0.05) is 17.6 Å². The van der Waals surface area contributed by atoms with E-state index in [0.29, 0.717) is 22.7 Å². The van der Waals surface area contributed by atoms with Gasteiger partial charge >= 0.3 is 0 Å². The summed E-state index contributed by atoms with van der Waals surface area (Å²) in [7, 11) is 0. The molecule has 4 nitrogen and oxygen atoms in total. The molecule has 3 N–H and O–H groups in total. The standard InChI is InChI=1S/C13H14ClN3O/c14-11-3-2-10(6-9(11)8-15)17-12(18)7-13(16)4-1-5-13/h2-3,6H,1,4-5,7,16H2,(H,17,18). The molecule has 0 unspecified atom stereocenters. The molecule has 1 aromatic rings. The van der Waals surface area contributed by atoms with Gasteiger partial charge in [0.15, 0.2) is 0 Å². The third-order valence-corrected chi connectivity index (χ3v) is 3.56. The zero-order valence-corrected chi connectivity index (χ0v) is 10.6. The zero-order chi connectivity index (χ0) is 13.2. The van der Waals surface area contributed by atoms with Crippen LogP contribution < -0.4 is 11.1 Å². The number of benzene rings is 1. The number of halogens is 1. The van der Waals surface area contributed by atoms with E-state index in [1.54, 1.807) is 18.2 Å². The number of nitriles is 1. The van der Waals surface area contributed by atoms with Crippen LogP contribution in [0, 0.1) is 11.3 Å². The Morgan fingerprint density at radius 2 is 2.28 bits per heavy atom. The van der Waals surface area contributed by atoms with Crippen molar-refractivity contribution in [1.82, 2.24) is 0 Å². The second-order valence-corrected chi connectivity index (χ2v) is 5.15. The Bertz CT molecular complexity index is 517. The topological polar surface area (TPSA) is 78.9 Å². The maximum Gasteiger partial charge on any atom is 0.226 e. The summed E-state index contributed by atoms with van der Waals surface area (Å²) in [6.45, 7) is 0. The number of nitrogens with zero attached hydrogens (tertiary/aromatic N) is 1. The quantitative estimate of drug-likeness (QED) is 0.879. The molecule has 1 fully saturated rings. The molecule has 0 aromatic heterocycles. The Balaban J connectivity index is 2.01. The van der Waals surface area contributed by atoms with Crippen molar-refractivity contribution in [2.45, 2.75) is 31.2 Å². The smallest absolute Gasteiger partial charge is 0.226 e. The van der Waals surface area contributed by atoms with E-state index in [-0.39, 0.29) is 11.4 Å². The van der Waals surface area contributed by atoms with Crippen molar-refractivity contribution in [2.75, 3.05) is 5.32 Å². The molecule has 1 aliphatic carbocycles. The molecule has 1 amide bonds. The van der Waals surface area contributed by atoms with Crippen molar-refractivity contribution in [3.63, 3.8) is 0 Å². The largest absolute Gasteiger partial charge is 0.326 e. The van der Waals surface area contributed by atoms with Gasteiger partial charge < -0.3 is 11.1 Å². The van der Waals surface area contributed by atoms with Crippen LogP contribution in [0.5, 0.6) is 0 Å². The van der Waals surface area contributed by atoms with Gasteiger partial charge in [-0.1, -0.05) is 11.6 Å². The van der Waals surface area contributed by atoms with E-state index in [2.05, 4.69) is 5.32 Å². The van der Waals surface area contributed by atoms with Crippen LogP contribution in [0.25, 0.3) is 0 Å². The molecule has 0 atom stereocenters. The number of carbonyl (C=O) groups excluding carboxylic acids is 1. The van der Waals surface area contributed by atoms with E-state index in [0.717, 1.165) is 19.3 Å². The van der Waals surface area contributed by atoms with E-state index in [1.165, 1.54) is 0 Å². The Labute approximate surface area is 111 Å². The van der Waals surface area contributed by atoms with Crippen molar-refractivity contribution in [3.8, 4) is 6.07 Å². The van der Waals surface area contributed by atoms with E-state index in [9.17, 15) is 4.79 Å². The number of nitrogens with one attached hydrogen (secondary N) is 1. The molecular weight excluding hydrogens is 250 g/mol. The minimum absolute atomic E-state index is 0.122. The van der Waals surface area contributed by atoms with Crippen LogP contribution in [0.2, 0.25) is 5.02 Å². The Morgan fingerprint density at radius 1 is 1.56 bits per heavy atom. The highest BCUT2D eigenvalue weighted by atomic mass is 35.5. The van der Waals surface area contributed by atoms with Crippen LogP contribution in [0.1, 0.15) is 31.2 Å². The minimum Gasteiger partial charge on any atom is -0.326 e. The van der Waals surface area contributed by atoms with Crippen LogP contribution in [-0.4, -0.2) is 11.4 Å². The van der Waals surface area contributed by atoms with Crippen LogP contribution in [-0.2, 0) is 4.79 Å². The molecular formula is C13H14ClN3O. The Kier molecular flexibility index (Phi) is 3.55. The molecule has 94 valence electrons. The lowest BCUT2D eigenvalue weighted by molar-refractivity contribution is -0.118. The number of hydrogen-bond acceptors (Lipinski definition) is 3. The summed E-state index contributed by atoms with van der Waals surface area (Å²) in [5, 5.41) is 12.0. The molecule has 0 radical (unpaired) electrons. The maximum absolute atomic E-state index is 11.8. The fraction of sp³-hybridized carbons (Fsp3) is 0.385. The Morgan fingerprint density at radius 3 is 2.83 bits per heavy atom. The summed E-state index contributed by atoms with van der Waals surface area (Å²) in [6.07, 6.45) is 3.19. The van der Waals surface area contributed by atoms with E-state index < -0.39 is 0 Å². The molecule has 0 bridgehead atoms. The highest BCUT2D eigenvalue weighted by Crippen LogP contribution is 2.32. The average molecular weight is 264 g/mol. The van der Waals surface area contributed by atoms with Crippen LogP contribution >= 0.6 is 11.6 Å². The first-order valence-electron chi connectivity index (χ1n) is 5.81. The van der Waals surface area contributed by atoms with Crippen molar-refractivity contribution in [1.29, 1.82) is 5.26 Å². The van der Waals surface area contributed by atoms with Crippen LogP contribution in [0.4, 0.5) is 5.69 Å². The first kappa shape index (κ1) is 12.9. The summed E-state index contributed by atoms with van der Waals surface area (Å²) in [5.41, 5.74) is 6.59. The predicted octanol–water partition coefficient (Wildman–Crippen LogP) is 2.42. The number of nitrogens with two attached hydrogens (primary N) is 1. The van der Waals surface area contributed by atoms with E-state index in [4.69, 9.17) is 22.6 Å². The molecule has 0 aliphatic heterocycles. The normalized spacial score (nSPS) is 16.5. The second kappa shape index (κ2) is 4.97. The van der Waals surface area contributed by atoms with E-state index in [1.807, 2.05) is 6.07 Å². The number of amides is 1. The lowest BCUT2D eigenvalue weighted by atomic mass is 9.75. The lowest BCUT2D eigenvalue weighted by Crippen LogP contribution is -2.48. The molecule has 5 heteroatoms. The first-order chi connectivity index (χ1) is 8.52. The van der Waals surface area contributed by atoms with Gasteiger partial charge in [-0.3, -0.25) is 4.79 Å². The van der Waals surface area contributed by atoms with Crippen molar-refractivity contribution in [3.05, 3.63) is 28.8 Å². The molecule has 1 saturated carbocycles. The number of rotatable bonds is 3. The lowest BCUT2D eigenvalue weighted by Gasteiger charge is -2.37. The average Bonchev–Trinajstić information content (AvgIpc) is 2.29. The summed E-state index contributed by atoms with van der Waals surface area (Å²) in [4.78, 5) is 11.8. The van der Waals surface area contributed by atoms with Crippen molar-refractivity contribution >= 4 is 23.2 Å². The summed E-state index contributed by atoms with van der Waals surface area (Å²) in [5.74, 6) is -0.122. The van der Waals surface area contributed by atoms with Crippen molar-refractivity contribution < 1.29 is 4.79 Å². The summed E-state index contributed by atoms with van der Waals surface area (Å²) in [6, 6.07) is 6.80. The van der Waals surface area contributed by atoms with Crippen LogP contribution in [0.3, 0.4) is 0 Å². The summed E-state index contributed by atoms with van der Waals surface area (Å²) >= 11 is 5.82. The molecule has 0 heterocycles. The van der Waals surface area contributed by atoms with Gasteiger partial charge in [-0.15, -0.1) is 0 Å². The zero-order valence-electron chi connectivity index (χ0n) is 9.87. The fourth-order valence-corrected chi connectivity index (χ4v) is 2.18. The van der Waals surface area contributed by atoms with Gasteiger partial charge in [0.25, 0.3) is 0 Å². The minimum atomic E-state index is -0.339.